The summed E-state index contributed by atoms with van der Waals surface area (Å²) in [6, 6.07) is 2.98. The van der Waals surface area contributed by atoms with E-state index in [0.717, 1.165) is 25.7 Å². The van der Waals surface area contributed by atoms with Crippen LogP contribution in [0.4, 0.5) is 9.93 Å². The maximum Gasteiger partial charge on any atom is 0.408 e. The van der Waals surface area contributed by atoms with Gasteiger partial charge in [-0.25, -0.2) is 19.6 Å². The standard InChI is InChI=1S/C41H51BrN6O9S/c1-9-22-17-41(22,37(52)53)47-35(50)32-21(4)29(18-48(32)36(51)33(40(5,6)7)45-39(54)56-23-12-10-11-13-23)57-28-16-25(26-19-58-38(44-26)46-34(49)20(2)3)43-31-24(28)14-15-27(55-8)30(31)42/h9,14-16,19-23,29,32-33H,1,10-13,17-18H2,2-8H3,(H,45,54)(H,47,50)(H,52,53)(H,44,46,49)/t21-,22+,29-,32-,33-,41+/m0/s1. The van der Waals surface area contributed by atoms with Crippen LogP contribution in [-0.2, 0) is 23.9 Å². The van der Waals surface area contributed by atoms with Crippen molar-refractivity contribution in [1.29, 1.82) is 0 Å². The Morgan fingerprint density at radius 1 is 1.10 bits per heavy atom. The molecule has 1 saturated heterocycles. The smallest absolute Gasteiger partial charge is 0.408 e. The monoisotopic (exact) mass is 882 g/mol. The Bertz CT molecular complexity index is 2110. The Balaban J connectivity index is 1.37. The van der Waals surface area contributed by atoms with Crippen molar-refractivity contribution in [3.8, 4) is 22.9 Å². The van der Waals surface area contributed by atoms with Gasteiger partial charge in [0.2, 0.25) is 17.7 Å². The zero-order valence-corrected chi connectivity index (χ0v) is 36.1. The maximum absolute atomic E-state index is 14.8. The number of amides is 4. The molecule has 3 aliphatic rings. The van der Waals surface area contributed by atoms with Gasteiger partial charge in [0.15, 0.2) is 5.13 Å². The average molecular weight is 884 g/mol. The van der Waals surface area contributed by atoms with E-state index >= 15 is 0 Å². The number of carbonyl (C=O) groups is 5. The van der Waals surface area contributed by atoms with Crippen LogP contribution in [0.25, 0.3) is 22.3 Å². The molecule has 15 nitrogen and oxygen atoms in total. The van der Waals surface area contributed by atoms with E-state index in [9.17, 15) is 29.1 Å². The summed E-state index contributed by atoms with van der Waals surface area (Å²) in [5.41, 5.74) is -0.976. The molecule has 3 fully saturated rings. The second-order valence-corrected chi connectivity index (χ2v) is 18.3. The van der Waals surface area contributed by atoms with Crippen LogP contribution in [0.5, 0.6) is 11.5 Å². The highest BCUT2D eigenvalue weighted by molar-refractivity contribution is 9.10. The fraction of sp³-hybridized carbons (Fsp3) is 0.537. The number of carboxylic acid groups (broad SMARTS) is 1. The number of nitrogens with zero attached hydrogens (tertiary/aromatic N) is 3. The number of halogens is 1. The third-order valence-corrected chi connectivity index (χ3v) is 12.7. The Morgan fingerprint density at radius 3 is 2.41 bits per heavy atom. The second kappa shape index (κ2) is 16.8. The number of aromatic nitrogens is 2. The highest BCUT2D eigenvalue weighted by Gasteiger charge is 2.62. The van der Waals surface area contributed by atoms with Crippen molar-refractivity contribution in [2.75, 3.05) is 19.0 Å². The Hall–Kier alpha value is -4.77. The van der Waals surface area contributed by atoms with Crippen molar-refractivity contribution in [2.24, 2.45) is 23.2 Å². The first kappa shape index (κ1) is 42.8. The average Bonchev–Trinajstić information content (AvgIpc) is 3.50. The molecule has 4 N–H and O–H groups in total. The molecule has 2 saturated carbocycles. The molecule has 0 bridgehead atoms. The van der Waals surface area contributed by atoms with Gasteiger partial charge in [-0.3, -0.25) is 14.4 Å². The Morgan fingerprint density at radius 2 is 1.81 bits per heavy atom. The minimum atomic E-state index is -1.55. The third-order valence-electron chi connectivity index (χ3n) is 11.2. The zero-order valence-electron chi connectivity index (χ0n) is 33.7. The number of fused-ring (bicyclic) bond motifs is 1. The van der Waals surface area contributed by atoms with Crippen molar-refractivity contribution in [3.05, 3.63) is 40.7 Å². The topological polar surface area (TPSA) is 198 Å². The summed E-state index contributed by atoms with van der Waals surface area (Å²) >= 11 is 4.88. The van der Waals surface area contributed by atoms with Crippen LogP contribution in [0, 0.1) is 23.2 Å². The van der Waals surface area contributed by atoms with E-state index in [0.29, 0.717) is 43.4 Å². The fourth-order valence-corrected chi connectivity index (χ4v) is 8.91. The van der Waals surface area contributed by atoms with E-state index < -0.39 is 64.9 Å². The Kier molecular flexibility index (Phi) is 12.4. The largest absolute Gasteiger partial charge is 0.495 e. The number of alkyl carbamates (subject to hydrolysis) is 1. The number of carbonyl (C=O) groups excluding carboxylic acids is 4. The quantitative estimate of drug-likeness (QED) is 0.136. The molecule has 0 spiro atoms. The van der Waals surface area contributed by atoms with E-state index in [2.05, 4.69) is 43.4 Å². The number of nitrogens with one attached hydrogen (secondary N) is 3. The van der Waals surface area contributed by atoms with Gasteiger partial charge in [-0.15, -0.1) is 17.9 Å². The van der Waals surface area contributed by atoms with Crippen molar-refractivity contribution in [1.82, 2.24) is 25.5 Å². The van der Waals surface area contributed by atoms with Gasteiger partial charge in [-0.1, -0.05) is 47.6 Å². The molecule has 6 rings (SSSR count). The molecule has 4 amide bonds. The van der Waals surface area contributed by atoms with Gasteiger partial charge >= 0.3 is 12.1 Å². The van der Waals surface area contributed by atoms with Gasteiger partial charge < -0.3 is 40.2 Å². The molecule has 0 unspecified atom stereocenters. The van der Waals surface area contributed by atoms with Gasteiger partial charge in [0.1, 0.15) is 47.0 Å². The van der Waals surface area contributed by atoms with Crippen LogP contribution >= 0.6 is 27.3 Å². The number of aliphatic carboxylic acids is 1. The number of rotatable bonds is 13. The van der Waals surface area contributed by atoms with Crippen LogP contribution in [0.2, 0.25) is 0 Å². The van der Waals surface area contributed by atoms with Crippen molar-refractivity contribution in [2.45, 2.75) is 103 Å². The van der Waals surface area contributed by atoms with Crippen molar-refractivity contribution < 1.29 is 43.3 Å². The van der Waals surface area contributed by atoms with Crippen LogP contribution in [0.3, 0.4) is 0 Å². The summed E-state index contributed by atoms with van der Waals surface area (Å²) in [4.78, 5) is 78.1. The lowest BCUT2D eigenvalue weighted by Crippen LogP contribution is -2.60. The highest BCUT2D eigenvalue weighted by Crippen LogP contribution is 2.46. The van der Waals surface area contributed by atoms with E-state index in [1.807, 2.05) is 0 Å². The van der Waals surface area contributed by atoms with Crippen LogP contribution < -0.4 is 25.4 Å². The number of thiazole rings is 1. The van der Waals surface area contributed by atoms with Gasteiger partial charge in [0, 0.05) is 34.6 Å². The van der Waals surface area contributed by atoms with E-state index in [1.54, 1.807) is 65.1 Å². The van der Waals surface area contributed by atoms with Crippen molar-refractivity contribution in [3.63, 3.8) is 0 Å². The van der Waals surface area contributed by atoms with Gasteiger partial charge in [-0.2, -0.15) is 0 Å². The lowest BCUT2D eigenvalue weighted by atomic mass is 9.85. The van der Waals surface area contributed by atoms with Gasteiger partial charge in [0.05, 0.1) is 29.3 Å². The lowest BCUT2D eigenvalue weighted by molar-refractivity contribution is -0.146. The number of ether oxygens (including phenoxy) is 3. The summed E-state index contributed by atoms with van der Waals surface area (Å²) in [7, 11) is 1.54. The minimum Gasteiger partial charge on any atom is -0.495 e. The second-order valence-electron chi connectivity index (χ2n) is 16.7. The molecule has 58 heavy (non-hydrogen) atoms. The summed E-state index contributed by atoms with van der Waals surface area (Å²) < 4.78 is 18.6. The molecule has 2 aliphatic carbocycles. The summed E-state index contributed by atoms with van der Waals surface area (Å²) in [6.07, 6.45) is 3.31. The first-order chi connectivity index (χ1) is 27.4. The molecular formula is C41H51BrN6O9S. The SMILES string of the molecule is C=C[C@@H]1C[C@]1(NC(=O)[C@@H]1[C@@H](C)[C@@H](Oc2cc(-c3csc(NC(=O)C(C)C)n3)nc3c(Br)c(OC)ccc23)CN1C(=O)[C@H](NC(=O)OC1CCCC1)C(C)(C)C)C(=O)O. The van der Waals surface area contributed by atoms with E-state index in [1.165, 1.54) is 29.4 Å². The first-order valence-electron chi connectivity index (χ1n) is 19.4. The predicted octanol–water partition coefficient (Wildman–Crippen LogP) is 6.55. The molecule has 2 aromatic heterocycles. The molecular weight excluding hydrogens is 832 g/mol. The fourth-order valence-electron chi connectivity index (χ4n) is 7.60. The molecule has 0 radical (unpaired) electrons. The molecule has 3 heterocycles. The normalized spacial score (nSPS) is 23.6. The van der Waals surface area contributed by atoms with Crippen LogP contribution in [0.15, 0.2) is 40.7 Å². The van der Waals surface area contributed by atoms with Gasteiger partial charge in [-0.05, 0) is 65.6 Å². The summed E-state index contributed by atoms with van der Waals surface area (Å²) in [6.45, 7) is 14.4. The first-order valence-corrected chi connectivity index (χ1v) is 21.1. The molecule has 3 aromatic rings. The molecule has 312 valence electrons. The third kappa shape index (κ3) is 8.65. The highest BCUT2D eigenvalue weighted by atomic mass is 79.9. The summed E-state index contributed by atoms with van der Waals surface area (Å²) in [5, 5.41) is 21.3. The minimum absolute atomic E-state index is 0.0759. The van der Waals surface area contributed by atoms with Crippen molar-refractivity contribution >= 4 is 73.1 Å². The molecule has 6 atom stereocenters. The number of hydrogen-bond acceptors (Lipinski definition) is 11. The number of pyridine rings is 1. The van der Waals surface area contributed by atoms with E-state index in [-0.39, 0.29) is 30.9 Å². The summed E-state index contributed by atoms with van der Waals surface area (Å²) in [5.74, 6) is -3.10. The number of methoxy groups -OCH3 is 1. The molecule has 17 heteroatoms. The van der Waals surface area contributed by atoms with Crippen LogP contribution in [0.1, 0.15) is 73.6 Å². The molecule has 1 aromatic carbocycles. The van der Waals surface area contributed by atoms with E-state index in [4.69, 9.17) is 19.2 Å². The number of likely N-dealkylation sites (tertiary alicyclic amines) is 1. The number of anilines is 1. The number of hydrogen-bond donors (Lipinski definition) is 4. The molecule has 1 aliphatic heterocycles. The number of carboxylic acids is 1. The lowest BCUT2D eigenvalue weighted by Gasteiger charge is -2.36. The predicted molar refractivity (Wildman–Crippen MR) is 222 cm³/mol. The number of benzene rings is 1. The van der Waals surface area contributed by atoms with Gasteiger partial charge in [0.25, 0.3) is 0 Å². The maximum atomic E-state index is 14.8. The van der Waals surface area contributed by atoms with Crippen LogP contribution in [-0.4, -0.2) is 93.2 Å². The zero-order chi connectivity index (χ0) is 42.3. The Labute approximate surface area is 349 Å².